The highest BCUT2D eigenvalue weighted by molar-refractivity contribution is 9.10. The van der Waals surface area contributed by atoms with Crippen molar-refractivity contribution in [2.45, 2.75) is 26.8 Å². The summed E-state index contributed by atoms with van der Waals surface area (Å²) in [6, 6.07) is 6.83. The van der Waals surface area contributed by atoms with Crippen LogP contribution in [-0.2, 0) is 16.0 Å². The van der Waals surface area contributed by atoms with E-state index < -0.39 is 5.97 Å². The second-order valence-electron chi connectivity index (χ2n) is 6.13. The van der Waals surface area contributed by atoms with Crippen LogP contribution in [0.5, 0.6) is 5.75 Å². The van der Waals surface area contributed by atoms with Gasteiger partial charge in [-0.25, -0.2) is 4.79 Å². The van der Waals surface area contributed by atoms with Crippen LogP contribution in [0.25, 0.3) is 0 Å². The van der Waals surface area contributed by atoms with E-state index in [1.807, 2.05) is 19.9 Å². The number of Topliss-reactive ketones (excluding diaryl/α,β-unsaturated/α-hetero) is 1. The van der Waals surface area contributed by atoms with Crippen molar-refractivity contribution in [2.75, 3.05) is 27.4 Å². The van der Waals surface area contributed by atoms with Gasteiger partial charge < -0.3 is 18.8 Å². The molecule has 0 amide bonds. The summed E-state index contributed by atoms with van der Waals surface area (Å²) in [4.78, 5) is 24.9. The van der Waals surface area contributed by atoms with Crippen LogP contribution in [0, 0.1) is 13.8 Å². The molecule has 0 aliphatic carbocycles. The van der Waals surface area contributed by atoms with Gasteiger partial charge in [0.25, 0.3) is 0 Å². The van der Waals surface area contributed by atoms with E-state index in [0.717, 1.165) is 24.4 Å². The molecule has 0 saturated heterocycles. The van der Waals surface area contributed by atoms with Gasteiger partial charge in [0.2, 0.25) is 5.78 Å². The van der Waals surface area contributed by atoms with Crippen molar-refractivity contribution in [1.82, 2.24) is 4.57 Å². The number of esters is 1. The van der Waals surface area contributed by atoms with Gasteiger partial charge in [-0.15, -0.1) is 0 Å². The lowest BCUT2D eigenvalue weighted by atomic mass is 10.1. The average Bonchev–Trinajstić information content (AvgIpc) is 2.94. The molecule has 0 bridgehead atoms. The lowest BCUT2D eigenvalue weighted by Crippen LogP contribution is -2.15. The Morgan fingerprint density at radius 1 is 1.11 bits per heavy atom. The fraction of sp³-hybridized carbons (Fsp3) is 0.400. The first kappa shape index (κ1) is 21.2. The molecule has 27 heavy (non-hydrogen) atoms. The summed E-state index contributed by atoms with van der Waals surface area (Å²) < 4.78 is 18.1. The number of aromatic nitrogens is 1. The van der Waals surface area contributed by atoms with Crippen molar-refractivity contribution in [3.8, 4) is 5.75 Å². The molecule has 0 fully saturated rings. The van der Waals surface area contributed by atoms with Crippen molar-refractivity contribution in [3.05, 3.63) is 51.3 Å². The molecule has 0 atom stereocenters. The largest absolute Gasteiger partial charge is 0.497 e. The molecule has 1 aromatic heterocycles. The number of halogens is 1. The van der Waals surface area contributed by atoms with E-state index >= 15 is 0 Å². The summed E-state index contributed by atoms with van der Waals surface area (Å²) in [6.45, 7) is 4.97. The monoisotopic (exact) mass is 437 g/mol. The molecular formula is C20H24BrNO5. The Kier molecular flexibility index (Phi) is 7.62. The van der Waals surface area contributed by atoms with E-state index in [0.29, 0.717) is 28.0 Å². The summed E-state index contributed by atoms with van der Waals surface area (Å²) in [5.74, 6) is -0.271. The third kappa shape index (κ3) is 5.20. The first-order valence-electron chi connectivity index (χ1n) is 8.58. The van der Waals surface area contributed by atoms with Gasteiger partial charge in [0, 0.05) is 41.7 Å². The third-order valence-electron chi connectivity index (χ3n) is 4.33. The summed E-state index contributed by atoms with van der Waals surface area (Å²) in [7, 11) is 3.18. The molecule has 146 valence electrons. The quantitative estimate of drug-likeness (QED) is 0.337. The lowest BCUT2D eigenvalue weighted by Gasteiger charge is -2.10. The maximum Gasteiger partial charge on any atom is 0.339 e. The minimum absolute atomic E-state index is 0.228. The topological polar surface area (TPSA) is 66.8 Å². The first-order valence-corrected chi connectivity index (χ1v) is 9.37. The summed E-state index contributed by atoms with van der Waals surface area (Å²) in [6.07, 6.45) is 0.860. The molecule has 2 rings (SSSR count). The molecule has 0 unspecified atom stereocenters. The van der Waals surface area contributed by atoms with Crippen LogP contribution in [0.1, 0.15) is 38.5 Å². The van der Waals surface area contributed by atoms with Crippen LogP contribution < -0.4 is 4.74 Å². The number of nitrogens with zero attached hydrogens (tertiary/aromatic N) is 1. The Morgan fingerprint density at radius 2 is 1.85 bits per heavy atom. The highest BCUT2D eigenvalue weighted by Gasteiger charge is 2.19. The molecule has 0 aliphatic heterocycles. The summed E-state index contributed by atoms with van der Waals surface area (Å²) in [5.41, 5.74) is 2.75. The molecule has 1 heterocycles. The van der Waals surface area contributed by atoms with E-state index in [1.54, 1.807) is 25.3 Å². The summed E-state index contributed by atoms with van der Waals surface area (Å²) >= 11 is 3.31. The molecule has 7 heteroatoms. The predicted molar refractivity (Wildman–Crippen MR) is 106 cm³/mol. The van der Waals surface area contributed by atoms with Crippen molar-refractivity contribution in [1.29, 1.82) is 0 Å². The highest BCUT2D eigenvalue weighted by Crippen LogP contribution is 2.23. The number of carbonyl (C=O) groups excluding carboxylic acids is 2. The maximum atomic E-state index is 12.6. The number of aryl methyl sites for hydroxylation is 1. The average molecular weight is 438 g/mol. The van der Waals surface area contributed by atoms with E-state index in [4.69, 9.17) is 14.2 Å². The first-order chi connectivity index (χ1) is 12.9. The Hall–Kier alpha value is -2.12. The number of rotatable bonds is 9. The molecule has 6 nitrogen and oxygen atoms in total. The zero-order valence-electron chi connectivity index (χ0n) is 16.0. The van der Waals surface area contributed by atoms with Crippen molar-refractivity contribution in [2.24, 2.45) is 0 Å². The van der Waals surface area contributed by atoms with Crippen LogP contribution in [0.4, 0.5) is 0 Å². The fourth-order valence-corrected chi connectivity index (χ4v) is 3.28. The van der Waals surface area contributed by atoms with Crippen molar-refractivity contribution >= 4 is 27.7 Å². The number of ketones is 1. The highest BCUT2D eigenvalue weighted by atomic mass is 79.9. The Labute approximate surface area is 167 Å². The smallest absolute Gasteiger partial charge is 0.339 e. The van der Waals surface area contributed by atoms with Gasteiger partial charge in [-0.3, -0.25) is 4.79 Å². The SMILES string of the molecule is COCCCn1c(C)cc(C(=O)COC(=O)c2cc(OC)ccc2Br)c1C. The minimum Gasteiger partial charge on any atom is -0.497 e. The van der Waals surface area contributed by atoms with E-state index in [2.05, 4.69) is 20.5 Å². The van der Waals surface area contributed by atoms with Crippen LogP contribution in [0.3, 0.4) is 0 Å². The van der Waals surface area contributed by atoms with Crippen molar-refractivity contribution < 1.29 is 23.8 Å². The van der Waals surface area contributed by atoms with Crippen LogP contribution in [-0.4, -0.2) is 43.8 Å². The maximum absolute atomic E-state index is 12.6. The summed E-state index contributed by atoms with van der Waals surface area (Å²) in [5, 5.41) is 0. The van der Waals surface area contributed by atoms with Gasteiger partial charge >= 0.3 is 5.97 Å². The number of hydrogen-bond acceptors (Lipinski definition) is 5. The zero-order valence-corrected chi connectivity index (χ0v) is 17.6. The van der Waals surface area contributed by atoms with Crippen LogP contribution >= 0.6 is 15.9 Å². The van der Waals surface area contributed by atoms with E-state index in [9.17, 15) is 9.59 Å². The second-order valence-corrected chi connectivity index (χ2v) is 6.98. The zero-order chi connectivity index (χ0) is 20.0. The van der Waals surface area contributed by atoms with E-state index in [-0.39, 0.29) is 12.4 Å². The molecule has 0 saturated carbocycles. The molecule has 2 aromatic rings. The molecule has 0 N–H and O–H groups in total. The lowest BCUT2D eigenvalue weighted by molar-refractivity contribution is 0.0473. The Morgan fingerprint density at radius 3 is 2.52 bits per heavy atom. The van der Waals surface area contributed by atoms with E-state index in [1.165, 1.54) is 7.11 Å². The van der Waals surface area contributed by atoms with Crippen molar-refractivity contribution in [3.63, 3.8) is 0 Å². The van der Waals surface area contributed by atoms with Gasteiger partial charge in [0.1, 0.15) is 5.75 Å². The van der Waals surface area contributed by atoms with Crippen LogP contribution in [0.2, 0.25) is 0 Å². The number of hydrogen-bond donors (Lipinski definition) is 0. The molecule has 0 spiro atoms. The number of methoxy groups -OCH3 is 2. The molecular weight excluding hydrogens is 414 g/mol. The fourth-order valence-electron chi connectivity index (χ4n) is 2.87. The standard InChI is InChI=1S/C20H24BrNO5/c1-13-10-16(14(2)22(13)8-5-9-25-3)19(23)12-27-20(24)17-11-15(26-4)6-7-18(17)21/h6-7,10-11H,5,8-9,12H2,1-4H3. The number of benzene rings is 1. The van der Waals surface area contributed by atoms with Gasteiger partial charge in [0.05, 0.1) is 12.7 Å². The normalized spacial score (nSPS) is 10.7. The minimum atomic E-state index is -0.581. The van der Waals surface area contributed by atoms with Crippen LogP contribution in [0.15, 0.2) is 28.7 Å². The molecule has 0 radical (unpaired) electrons. The third-order valence-corrected chi connectivity index (χ3v) is 5.02. The van der Waals surface area contributed by atoms with Gasteiger partial charge in [-0.05, 0) is 60.5 Å². The Bertz CT molecular complexity index is 828. The molecule has 0 aliphatic rings. The van der Waals surface area contributed by atoms with Gasteiger partial charge in [0.15, 0.2) is 6.61 Å². The Balaban J connectivity index is 2.05. The van der Waals surface area contributed by atoms with Gasteiger partial charge in [-0.2, -0.15) is 0 Å². The number of ether oxygens (including phenoxy) is 3. The second kappa shape index (κ2) is 9.71. The van der Waals surface area contributed by atoms with Gasteiger partial charge in [-0.1, -0.05) is 0 Å². The molecule has 1 aromatic carbocycles. The predicted octanol–water partition coefficient (Wildman–Crippen LogP) is 3.95. The number of carbonyl (C=O) groups is 2.